The zero-order valence-electron chi connectivity index (χ0n) is 12.0. The number of sulfonamides is 1. The average molecular weight is 318 g/mol. The zero-order chi connectivity index (χ0) is 16.4. The van der Waals surface area contributed by atoms with Gasteiger partial charge in [-0.3, -0.25) is 14.3 Å². The topological polar surface area (TPSA) is 136 Å². The number of carboxylic acid groups (broad SMARTS) is 1. The predicted molar refractivity (Wildman–Crippen MR) is 73.0 cm³/mol. The van der Waals surface area contributed by atoms with Crippen molar-refractivity contribution in [3.05, 3.63) is 11.4 Å². The molecule has 9 nitrogen and oxygen atoms in total. The molecule has 3 N–H and O–H groups in total. The lowest BCUT2D eigenvalue weighted by Crippen LogP contribution is -2.38. The van der Waals surface area contributed by atoms with Gasteiger partial charge < -0.3 is 10.8 Å². The number of nitrogens with two attached hydrogens (primary N) is 1. The number of carboxylic acids is 1. The first-order valence-electron chi connectivity index (χ1n) is 6.15. The number of aromatic nitrogens is 2. The van der Waals surface area contributed by atoms with Crippen molar-refractivity contribution in [3.8, 4) is 0 Å². The Hall–Kier alpha value is -1.94. The number of primary amides is 1. The molecule has 0 aliphatic rings. The van der Waals surface area contributed by atoms with Gasteiger partial charge in [-0.15, -0.1) is 0 Å². The lowest BCUT2D eigenvalue weighted by molar-refractivity contribution is -0.138. The van der Waals surface area contributed by atoms with Gasteiger partial charge in [-0.05, 0) is 13.8 Å². The predicted octanol–water partition coefficient (Wildman–Crippen LogP) is -0.920. The van der Waals surface area contributed by atoms with Crippen LogP contribution < -0.4 is 5.73 Å². The summed E-state index contributed by atoms with van der Waals surface area (Å²) in [4.78, 5) is 21.6. The first-order chi connectivity index (χ1) is 9.61. The van der Waals surface area contributed by atoms with Crippen molar-refractivity contribution in [1.29, 1.82) is 0 Å². The maximum absolute atomic E-state index is 12.6. The Morgan fingerprint density at radius 1 is 1.38 bits per heavy atom. The molecule has 0 spiro atoms. The fraction of sp³-hybridized carbons (Fsp3) is 0.545. The SMILES string of the molecule is CCN(CC(N)=O)S(=O)(=O)c1c(C)nn(CC(=O)O)c1C. The van der Waals surface area contributed by atoms with Gasteiger partial charge in [-0.1, -0.05) is 6.92 Å². The zero-order valence-corrected chi connectivity index (χ0v) is 12.8. The van der Waals surface area contributed by atoms with Gasteiger partial charge in [0.05, 0.1) is 17.9 Å². The van der Waals surface area contributed by atoms with E-state index in [1.54, 1.807) is 6.92 Å². The number of hydrogen-bond donors (Lipinski definition) is 2. The Balaban J connectivity index is 3.34. The highest BCUT2D eigenvalue weighted by molar-refractivity contribution is 7.89. The van der Waals surface area contributed by atoms with Crippen molar-refractivity contribution < 1.29 is 23.1 Å². The van der Waals surface area contributed by atoms with Crippen LogP contribution in [0.4, 0.5) is 0 Å². The number of nitrogens with zero attached hydrogens (tertiary/aromatic N) is 3. The Labute approximate surface area is 122 Å². The number of amides is 1. The van der Waals surface area contributed by atoms with E-state index < -0.39 is 35.0 Å². The van der Waals surface area contributed by atoms with Crippen molar-refractivity contribution in [2.24, 2.45) is 5.73 Å². The van der Waals surface area contributed by atoms with Crippen LogP contribution in [0.3, 0.4) is 0 Å². The summed E-state index contributed by atoms with van der Waals surface area (Å²) in [6.07, 6.45) is 0. The normalized spacial score (nSPS) is 11.8. The van der Waals surface area contributed by atoms with Crippen LogP contribution >= 0.6 is 0 Å². The molecule has 0 atom stereocenters. The van der Waals surface area contributed by atoms with Crippen LogP contribution in [0.1, 0.15) is 18.3 Å². The summed E-state index contributed by atoms with van der Waals surface area (Å²) in [6.45, 7) is 3.69. The molecule has 0 bridgehead atoms. The van der Waals surface area contributed by atoms with E-state index in [1.807, 2.05) is 0 Å². The molecule has 0 saturated carbocycles. The Morgan fingerprint density at radius 3 is 2.38 bits per heavy atom. The number of carbonyl (C=O) groups is 2. The fourth-order valence-corrected chi connectivity index (χ4v) is 3.79. The molecule has 1 heterocycles. The highest BCUT2D eigenvalue weighted by atomic mass is 32.2. The summed E-state index contributed by atoms with van der Waals surface area (Å²) in [7, 11) is -3.97. The summed E-state index contributed by atoms with van der Waals surface area (Å²) in [5.74, 6) is -1.90. The van der Waals surface area contributed by atoms with Gasteiger partial charge in [0.15, 0.2) is 0 Å². The first kappa shape index (κ1) is 17.1. The highest BCUT2D eigenvalue weighted by Gasteiger charge is 2.31. The van der Waals surface area contributed by atoms with Crippen molar-refractivity contribution in [1.82, 2.24) is 14.1 Å². The average Bonchev–Trinajstić information content (AvgIpc) is 2.60. The second-order valence-electron chi connectivity index (χ2n) is 4.45. The third-order valence-corrected chi connectivity index (χ3v) is 5.06. The van der Waals surface area contributed by atoms with Crippen LogP contribution in [0, 0.1) is 13.8 Å². The number of aliphatic carboxylic acids is 1. The molecule has 0 fully saturated rings. The third kappa shape index (κ3) is 3.58. The lowest BCUT2D eigenvalue weighted by atomic mass is 10.4. The van der Waals surface area contributed by atoms with Crippen molar-refractivity contribution >= 4 is 21.9 Å². The highest BCUT2D eigenvalue weighted by Crippen LogP contribution is 2.23. The maximum atomic E-state index is 12.6. The van der Waals surface area contributed by atoms with Gasteiger partial charge in [-0.25, -0.2) is 8.42 Å². The number of aryl methyl sites for hydroxylation is 1. The van der Waals surface area contributed by atoms with Crippen molar-refractivity contribution in [3.63, 3.8) is 0 Å². The van der Waals surface area contributed by atoms with Crippen LogP contribution in [0.2, 0.25) is 0 Å². The largest absolute Gasteiger partial charge is 0.480 e. The van der Waals surface area contributed by atoms with E-state index >= 15 is 0 Å². The van der Waals surface area contributed by atoms with E-state index in [0.29, 0.717) is 0 Å². The molecule has 0 aliphatic heterocycles. The van der Waals surface area contributed by atoms with E-state index in [0.717, 1.165) is 8.99 Å². The number of likely N-dealkylation sites (N-methyl/N-ethyl adjacent to an activating group) is 1. The van der Waals surface area contributed by atoms with E-state index in [9.17, 15) is 18.0 Å². The summed E-state index contributed by atoms with van der Waals surface area (Å²) in [5.41, 5.74) is 5.43. The summed E-state index contributed by atoms with van der Waals surface area (Å²) in [6, 6.07) is 0. The molecule has 1 aromatic heterocycles. The molecule has 21 heavy (non-hydrogen) atoms. The summed E-state index contributed by atoms with van der Waals surface area (Å²) in [5, 5.41) is 12.7. The Morgan fingerprint density at radius 2 is 1.95 bits per heavy atom. The second-order valence-corrected chi connectivity index (χ2v) is 6.32. The third-order valence-electron chi connectivity index (χ3n) is 2.88. The van der Waals surface area contributed by atoms with Crippen LogP contribution in [-0.4, -0.2) is 52.6 Å². The number of hydrogen-bond acceptors (Lipinski definition) is 5. The minimum atomic E-state index is -3.97. The van der Waals surface area contributed by atoms with E-state index in [2.05, 4.69) is 5.10 Å². The minimum Gasteiger partial charge on any atom is -0.480 e. The Bertz CT molecular complexity index is 664. The molecule has 0 radical (unpaired) electrons. The molecule has 0 aliphatic carbocycles. The summed E-state index contributed by atoms with van der Waals surface area (Å²) >= 11 is 0. The van der Waals surface area contributed by atoms with Gasteiger partial charge in [0.1, 0.15) is 11.4 Å². The molecule has 1 aromatic rings. The standard InChI is InChI=1S/C11H18N4O5S/c1-4-14(5-9(12)16)21(19,20)11-7(2)13-15(8(11)3)6-10(17)18/h4-6H2,1-3H3,(H2,12,16)(H,17,18). The first-order valence-corrected chi connectivity index (χ1v) is 7.59. The van der Waals surface area contributed by atoms with Gasteiger partial charge in [-0.2, -0.15) is 9.40 Å². The van der Waals surface area contributed by atoms with E-state index in [4.69, 9.17) is 10.8 Å². The molecule has 0 unspecified atom stereocenters. The quantitative estimate of drug-likeness (QED) is 0.667. The molecule has 10 heteroatoms. The smallest absolute Gasteiger partial charge is 0.325 e. The van der Waals surface area contributed by atoms with Gasteiger partial charge >= 0.3 is 5.97 Å². The molecule has 0 saturated heterocycles. The van der Waals surface area contributed by atoms with Gasteiger partial charge in [0.2, 0.25) is 15.9 Å². The van der Waals surface area contributed by atoms with Gasteiger partial charge in [0, 0.05) is 6.54 Å². The van der Waals surface area contributed by atoms with Crippen LogP contribution in [0.25, 0.3) is 0 Å². The minimum absolute atomic E-state index is 0.0638. The van der Waals surface area contributed by atoms with Crippen LogP contribution in [0.15, 0.2) is 4.90 Å². The van der Waals surface area contributed by atoms with E-state index in [-0.39, 0.29) is 22.8 Å². The number of carbonyl (C=O) groups excluding carboxylic acids is 1. The van der Waals surface area contributed by atoms with Gasteiger partial charge in [0.25, 0.3) is 0 Å². The lowest BCUT2D eigenvalue weighted by Gasteiger charge is -2.19. The van der Waals surface area contributed by atoms with Crippen LogP contribution in [0.5, 0.6) is 0 Å². The Kier molecular flexibility index (Phi) is 5.07. The monoisotopic (exact) mass is 318 g/mol. The fourth-order valence-electron chi connectivity index (χ4n) is 2.01. The maximum Gasteiger partial charge on any atom is 0.325 e. The summed E-state index contributed by atoms with van der Waals surface area (Å²) < 4.78 is 27.1. The molecule has 0 aromatic carbocycles. The number of rotatable bonds is 7. The molecule has 1 rings (SSSR count). The second kappa shape index (κ2) is 6.22. The molecule has 1 amide bonds. The van der Waals surface area contributed by atoms with Crippen molar-refractivity contribution in [2.75, 3.05) is 13.1 Å². The molecular formula is C11H18N4O5S. The molecule has 118 valence electrons. The van der Waals surface area contributed by atoms with Crippen LogP contribution in [-0.2, 0) is 26.2 Å². The van der Waals surface area contributed by atoms with E-state index in [1.165, 1.54) is 13.8 Å². The van der Waals surface area contributed by atoms with Crippen molar-refractivity contribution in [2.45, 2.75) is 32.2 Å². The molecular weight excluding hydrogens is 300 g/mol.